The highest BCUT2D eigenvalue weighted by atomic mass is 35.5. The summed E-state index contributed by atoms with van der Waals surface area (Å²) in [7, 11) is 0. The molecule has 11 heteroatoms. The fourth-order valence-corrected chi connectivity index (χ4v) is 3.91. The van der Waals surface area contributed by atoms with Gasteiger partial charge in [-0.3, -0.25) is 9.59 Å². The van der Waals surface area contributed by atoms with Gasteiger partial charge in [-0.05, 0) is 50.6 Å². The molecule has 0 radical (unpaired) electrons. The van der Waals surface area contributed by atoms with Crippen molar-refractivity contribution in [3.05, 3.63) is 47.1 Å². The minimum Gasteiger partial charge on any atom is -0.449 e. The number of ether oxygens (including phenoxy) is 1. The molecule has 34 heavy (non-hydrogen) atoms. The van der Waals surface area contributed by atoms with Gasteiger partial charge in [0, 0.05) is 36.3 Å². The van der Waals surface area contributed by atoms with Crippen LogP contribution in [0.25, 0.3) is 21.9 Å². The van der Waals surface area contributed by atoms with E-state index in [4.69, 9.17) is 20.8 Å². The van der Waals surface area contributed by atoms with Crippen molar-refractivity contribution in [2.24, 2.45) is 0 Å². The highest BCUT2D eigenvalue weighted by Crippen LogP contribution is 2.38. The zero-order valence-corrected chi connectivity index (χ0v) is 19.4. The van der Waals surface area contributed by atoms with E-state index >= 15 is 0 Å². The smallest absolute Gasteiger partial charge is 0.289 e. The van der Waals surface area contributed by atoms with Crippen molar-refractivity contribution >= 4 is 51.0 Å². The van der Waals surface area contributed by atoms with Gasteiger partial charge >= 0.3 is 0 Å². The number of furan rings is 1. The maximum atomic E-state index is 12.5. The van der Waals surface area contributed by atoms with Crippen molar-refractivity contribution in [1.29, 1.82) is 0 Å². The lowest BCUT2D eigenvalue weighted by Crippen LogP contribution is -2.34. The van der Waals surface area contributed by atoms with Gasteiger partial charge < -0.3 is 25.1 Å². The van der Waals surface area contributed by atoms with Crippen molar-refractivity contribution in [2.75, 3.05) is 11.9 Å². The largest absolute Gasteiger partial charge is 0.449 e. The number of carbonyl (C=O) groups is 2. The van der Waals surface area contributed by atoms with Crippen LogP contribution >= 0.6 is 11.6 Å². The molecule has 3 N–H and O–H groups in total. The third-order valence-electron chi connectivity index (χ3n) is 5.26. The van der Waals surface area contributed by atoms with Crippen molar-refractivity contribution in [2.45, 2.75) is 32.9 Å². The first kappa shape index (κ1) is 21.9. The summed E-state index contributed by atoms with van der Waals surface area (Å²) < 4.78 is 11.7. The summed E-state index contributed by atoms with van der Waals surface area (Å²) in [4.78, 5) is 37.6. The molecule has 5 rings (SSSR count). The van der Waals surface area contributed by atoms with E-state index in [0.29, 0.717) is 23.3 Å². The Morgan fingerprint density at radius 2 is 2.09 bits per heavy atom. The van der Waals surface area contributed by atoms with Crippen molar-refractivity contribution < 1.29 is 18.7 Å². The molecule has 2 amide bonds. The number of fused-ring (bicyclic) bond motifs is 5. The zero-order chi connectivity index (χ0) is 24.0. The zero-order valence-electron chi connectivity index (χ0n) is 18.6. The highest BCUT2D eigenvalue weighted by molar-refractivity contribution is 6.28. The predicted octanol–water partition coefficient (Wildman–Crippen LogP) is 3.90. The molecule has 1 aliphatic heterocycles. The quantitative estimate of drug-likeness (QED) is 0.375. The number of halogens is 1. The molecule has 0 spiro atoms. The van der Waals surface area contributed by atoms with E-state index in [1.807, 2.05) is 26.8 Å². The average Bonchev–Trinajstić information content (AvgIpc) is 3.09. The molecule has 0 aliphatic carbocycles. The number of hydrogen-bond donors (Lipinski definition) is 3. The fraction of sp³-hybridized carbons (Fsp3) is 0.261. The number of amides is 2. The standard InChI is InChI=1S/C23H21ClN6O4/c1-10(2)27-20(31)13-9-26-23(24)30-22(13)34-16-7-4-12-14(29-16)5-6-15-17(12)18-19(33-15)21(32)28-11(3)8-25-18/h4-7,9-11,25H,8H2,1-3H3,(H,27,31)(H,28,32)/t11-/m1/s1. The van der Waals surface area contributed by atoms with Crippen LogP contribution in [0.3, 0.4) is 0 Å². The summed E-state index contributed by atoms with van der Waals surface area (Å²) in [6.45, 7) is 6.17. The normalized spacial score (nSPS) is 15.6. The summed E-state index contributed by atoms with van der Waals surface area (Å²) in [6, 6.07) is 6.87. The Morgan fingerprint density at radius 1 is 1.26 bits per heavy atom. The number of rotatable bonds is 4. The molecular formula is C23H21ClN6O4. The Labute approximate surface area is 199 Å². The van der Waals surface area contributed by atoms with E-state index in [2.05, 4.69) is 30.9 Å². The number of nitrogens with zero attached hydrogens (tertiary/aromatic N) is 3. The number of anilines is 1. The summed E-state index contributed by atoms with van der Waals surface area (Å²) in [5.74, 6) is -0.199. The Kier molecular flexibility index (Phi) is 5.45. The lowest BCUT2D eigenvalue weighted by molar-refractivity contribution is 0.0917. The lowest BCUT2D eigenvalue weighted by atomic mass is 10.1. The first-order chi connectivity index (χ1) is 16.3. The maximum absolute atomic E-state index is 12.5. The van der Waals surface area contributed by atoms with E-state index in [-0.39, 0.29) is 52.3 Å². The molecule has 3 aromatic heterocycles. The molecule has 0 saturated heterocycles. The summed E-state index contributed by atoms with van der Waals surface area (Å²) in [5, 5.41) is 10.5. The van der Waals surface area contributed by atoms with Gasteiger partial charge in [0.2, 0.25) is 22.8 Å². The van der Waals surface area contributed by atoms with Gasteiger partial charge in [-0.1, -0.05) is 0 Å². The van der Waals surface area contributed by atoms with Crippen LogP contribution in [-0.2, 0) is 0 Å². The van der Waals surface area contributed by atoms with E-state index in [1.165, 1.54) is 6.20 Å². The van der Waals surface area contributed by atoms with Gasteiger partial charge in [-0.2, -0.15) is 4.98 Å². The van der Waals surface area contributed by atoms with Crippen LogP contribution in [0.15, 0.2) is 34.9 Å². The minimum atomic E-state index is -0.385. The number of carbonyl (C=O) groups excluding carboxylic acids is 2. The van der Waals surface area contributed by atoms with Gasteiger partial charge in [-0.15, -0.1) is 0 Å². The van der Waals surface area contributed by atoms with Crippen molar-refractivity contribution in [3.8, 4) is 11.8 Å². The molecule has 10 nitrogen and oxygen atoms in total. The first-order valence-electron chi connectivity index (χ1n) is 10.7. The fourth-order valence-electron chi connectivity index (χ4n) is 3.78. The summed E-state index contributed by atoms with van der Waals surface area (Å²) in [5.41, 5.74) is 1.95. The number of aromatic nitrogens is 3. The molecule has 4 aromatic rings. The average molecular weight is 481 g/mol. The summed E-state index contributed by atoms with van der Waals surface area (Å²) in [6.07, 6.45) is 1.31. The Hall–Kier alpha value is -3.92. The van der Waals surface area contributed by atoms with Crippen LogP contribution in [0, 0.1) is 0 Å². The molecule has 174 valence electrons. The molecule has 1 atom stereocenters. The molecule has 1 aliphatic rings. The molecule has 4 heterocycles. The number of hydrogen-bond acceptors (Lipinski definition) is 8. The SMILES string of the molecule is CC(C)NC(=O)c1cnc(Cl)nc1Oc1ccc2c(ccc3oc4c(c32)NC[C@@H](C)NC4=O)n1. The van der Waals surface area contributed by atoms with Crippen LogP contribution in [0.2, 0.25) is 5.28 Å². The van der Waals surface area contributed by atoms with Crippen LogP contribution in [0.1, 0.15) is 41.7 Å². The number of benzene rings is 1. The number of nitrogens with one attached hydrogen (secondary N) is 3. The van der Waals surface area contributed by atoms with Crippen LogP contribution in [0.4, 0.5) is 5.69 Å². The first-order valence-corrected chi connectivity index (χ1v) is 11.1. The van der Waals surface area contributed by atoms with Gasteiger partial charge in [0.1, 0.15) is 11.1 Å². The summed E-state index contributed by atoms with van der Waals surface area (Å²) >= 11 is 5.94. The van der Waals surface area contributed by atoms with Gasteiger partial charge in [0.25, 0.3) is 11.8 Å². The minimum absolute atomic E-state index is 0.00409. The maximum Gasteiger partial charge on any atom is 0.289 e. The second kappa shape index (κ2) is 8.45. The van der Waals surface area contributed by atoms with E-state index < -0.39 is 0 Å². The molecule has 0 fully saturated rings. The lowest BCUT2D eigenvalue weighted by Gasteiger charge is -2.12. The Bertz CT molecular complexity index is 1450. The monoisotopic (exact) mass is 480 g/mol. The second-order valence-electron chi connectivity index (χ2n) is 8.30. The molecule has 0 saturated carbocycles. The van der Waals surface area contributed by atoms with Crippen molar-refractivity contribution in [3.63, 3.8) is 0 Å². The topological polar surface area (TPSA) is 131 Å². The van der Waals surface area contributed by atoms with Crippen LogP contribution in [-0.4, -0.2) is 45.4 Å². The van der Waals surface area contributed by atoms with Gasteiger partial charge in [0.15, 0.2) is 0 Å². The third kappa shape index (κ3) is 3.96. The molecule has 0 bridgehead atoms. The predicted molar refractivity (Wildman–Crippen MR) is 127 cm³/mol. The Morgan fingerprint density at radius 3 is 2.88 bits per heavy atom. The van der Waals surface area contributed by atoms with Gasteiger partial charge in [-0.25, -0.2) is 9.97 Å². The molecular weight excluding hydrogens is 460 g/mol. The third-order valence-corrected chi connectivity index (χ3v) is 5.44. The number of pyridine rings is 1. The second-order valence-corrected chi connectivity index (χ2v) is 8.64. The highest BCUT2D eigenvalue weighted by Gasteiger charge is 2.27. The van der Waals surface area contributed by atoms with E-state index in [1.54, 1.807) is 18.2 Å². The van der Waals surface area contributed by atoms with Crippen LogP contribution in [0.5, 0.6) is 11.8 Å². The van der Waals surface area contributed by atoms with E-state index in [0.717, 1.165) is 10.8 Å². The Balaban J connectivity index is 1.55. The van der Waals surface area contributed by atoms with E-state index in [9.17, 15) is 9.59 Å². The van der Waals surface area contributed by atoms with Crippen LogP contribution < -0.4 is 20.7 Å². The van der Waals surface area contributed by atoms with Gasteiger partial charge in [0.05, 0.1) is 16.6 Å². The molecule has 0 unspecified atom stereocenters. The molecule has 1 aromatic carbocycles. The van der Waals surface area contributed by atoms with Crippen molar-refractivity contribution in [1.82, 2.24) is 25.6 Å².